The Kier molecular flexibility index (Phi) is 11.9. The van der Waals surface area contributed by atoms with Crippen LogP contribution in [0.3, 0.4) is 0 Å². The lowest BCUT2D eigenvalue weighted by Crippen LogP contribution is -2.68. The van der Waals surface area contributed by atoms with Crippen molar-refractivity contribution in [2.75, 3.05) is 0 Å². The van der Waals surface area contributed by atoms with Gasteiger partial charge in [-0.25, -0.2) is 0 Å². The summed E-state index contributed by atoms with van der Waals surface area (Å²) >= 11 is 0. The molecule has 0 N–H and O–H groups in total. The second-order valence-electron chi connectivity index (χ2n) is 14.2. The van der Waals surface area contributed by atoms with Crippen molar-refractivity contribution in [3.05, 3.63) is 73.3 Å². The summed E-state index contributed by atoms with van der Waals surface area (Å²) in [7, 11) is -4.62. The molecule has 0 aromatic heterocycles. The fourth-order valence-corrected chi connectivity index (χ4v) is 18.0. The predicted octanol–water partition coefficient (Wildman–Crippen LogP) is 9.03. The Balaban J connectivity index is 1.83. The summed E-state index contributed by atoms with van der Waals surface area (Å²) in [4.78, 5) is 0. The van der Waals surface area contributed by atoms with E-state index in [2.05, 4.69) is 136 Å². The summed E-state index contributed by atoms with van der Waals surface area (Å²) in [6, 6.07) is 21.9. The van der Waals surface area contributed by atoms with Crippen LogP contribution in [0.2, 0.25) is 21.7 Å². The van der Waals surface area contributed by atoms with Crippen LogP contribution < -0.4 is 10.4 Å². The Morgan fingerprint density at radius 2 is 1.29 bits per heavy atom. The van der Waals surface area contributed by atoms with E-state index in [4.69, 9.17) is 13.6 Å². The molecule has 1 saturated heterocycles. The van der Waals surface area contributed by atoms with Gasteiger partial charge in [0.1, 0.15) is 0 Å². The predicted molar refractivity (Wildman–Crippen MR) is 181 cm³/mol. The van der Waals surface area contributed by atoms with E-state index in [0.717, 1.165) is 25.7 Å². The first kappa shape index (κ1) is 34.0. The molecule has 0 amide bonds. The molecule has 2 aromatic carbocycles. The molecule has 0 spiro atoms. The first-order chi connectivity index (χ1) is 19.3. The number of benzene rings is 2. The molecular formula is C36H58O3Si2. The Hall–Kier alpha value is -1.51. The third kappa shape index (κ3) is 7.35. The quantitative estimate of drug-likeness (QED) is 0.161. The van der Waals surface area contributed by atoms with Crippen molar-refractivity contribution in [2.45, 2.75) is 141 Å². The highest BCUT2D eigenvalue weighted by Gasteiger charge is 2.52. The second kappa shape index (κ2) is 14.3. The Labute approximate surface area is 254 Å². The van der Waals surface area contributed by atoms with Gasteiger partial charge in [0, 0.05) is 0 Å². The van der Waals surface area contributed by atoms with Crippen LogP contribution in [-0.2, 0) is 13.6 Å². The van der Waals surface area contributed by atoms with E-state index in [1.807, 2.05) is 6.08 Å². The zero-order valence-corrected chi connectivity index (χ0v) is 29.7. The van der Waals surface area contributed by atoms with Crippen LogP contribution in [0.25, 0.3) is 0 Å². The third-order valence-electron chi connectivity index (χ3n) is 9.48. The van der Waals surface area contributed by atoms with Gasteiger partial charge in [0.15, 0.2) is 0 Å². The first-order valence-corrected chi connectivity index (χ1v) is 20.1. The van der Waals surface area contributed by atoms with Gasteiger partial charge in [-0.05, 0) is 64.6 Å². The van der Waals surface area contributed by atoms with E-state index >= 15 is 0 Å². The smallest absolute Gasteiger partial charge is 0.261 e. The van der Waals surface area contributed by atoms with Crippen molar-refractivity contribution in [2.24, 2.45) is 0 Å². The van der Waals surface area contributed by atoms with Gasteiger partial charge in [-0.15, -0.1) is 6.58 Å². The Bertz CT molecular complexity index is 1000. The minimum Gasteiger partial charge on any atom is -0.413 e. The molecule has 1 aliphatic rings. The molecule has 41 heavy (non-hydrogen) atoms. The molecule has 3 nitrogen and oxygen atoms in total. The van der Waals surface area contributed by atoms with Gasteiger partial charge in [-0.2, -0.15) is 0 Å². The molecular weight excluding hydrogens is 537 g/mol. The SMILES string of the molecule is C=CC[C@H](C[C@H]1CC[C@H]([C@@H](C)O[Si](c2ccccc2)(c2ccccc2)C(C)(C)C)O1)O[Si](C(C)C)(C(C)C)C(C)C. The summed E-state index contributed by atoms with van der Waals surface area (Å²) < 4.78 is 21.5. The van der Waals surface area contributed by atoms with Crippen molar-refractivity contribution in [3.8, 4) is 0 Å². The molecule has 0 radical (unpaired) electrons. The summed E-state index contributed by atoms with van der Waals surface area (Å²) in [5.74, 6) is 0. The molecule has 4 atom stereocenters. The standard InChI is InChI=1S/C36H58O3Si2/c1-12-19-32(39-40(27(2)3,28(4)5)29(6)7)26-31-24-25-35(37-31)30(8)38-41(36(9,10)11,33-20-15-13-16-21-33)34-22-17-14-18-23-34/h12-18,20-23,27-32,35H,1,19,24-26H2,2-11H3/t30-,31-,32-,35-/m1/s1. The van der Waals surface area contributed by atoms with E-state index in [0.29, 0.717) is 16.6 Å². The van der Waals surface area contributed by atoms with E-state index in [1.165, 1.54) is 10.4 Å². The summed E-state index contributed by atoms with van der Waals surface area (Å²) in [6.07, 6.45) is 6.31. The maximum atomic E-state index is 7.41. The second-order valence-corrected chi connectivity index (χ2v) is 23.8. The lowest BCUT2D eigenvalue weighted by molar-refractivity contribution is -0.0340. The summed E-state index contributed by atoms with van der Waals surface area (Å²) in [5.41, 5.74) is 1.69. The van der Waals surface area contributed by atoms with Crippen LogP contribution in [0.4, 0.5) is 0 Å². The van der Waals surface area contributed by atoms with Gasteiger partial charge in [0.2, 0.25) is 8.32 Å². The van der Waals surface area contributed by atoms with Crippen molar-refractivity contribution >= 4 is 27.0 Å². The van der Waals surface area contributed by atoms with Crippen LogP contribution in [0.15, 0.2) is 73.3 Å². The average molecular weight is 595 g/mol. The topological polar surface area (TPSA) is 27.7 Å². The molecule has 1 fully saturated rings. The van der Waals surface area contributed by atoms with E-state index in [1.54, 1.807) is 0 Å². The zero-order chi connectivity index (χ0) is 30.4. The fourth-order valence-electron chi connectivity index (χ4n) is 7.67. The first-order valence-electron chi connectivity index (χ1n) is 16.0. The molecule has 1 heterocycles. The molecule has 228 valence electrons. The number of rotatable bonds is 14. The van der Waals surface area contributed by atoms with Crippen LogP contribution in [0.5, 0.6) is 0 Å². The summed E-state index contributed by atoms with van der Waals surface area (Å²) in [5, 5.41) is 2.58. The fraction of sp³-hybridized carbons (Fsp3) is 0.611. The van der Waals surface area contributed by atoms with Crippen LogP contribution in [0, 0.1) is 0 Å². The van der Waals surface area contributed by atoms with Crippen molar-refractivity contribution < 1.29 is 13.6 Å². The highest BCUT2D eigenvalue weighted by Crippen LogP contribution is 2.44. The summed E-state index contributed by atoms with van der Waals surface area (Å²) in [6.45, 7) is 27.5. The van der Waals surface area contributed by atoms with Gasteiger partial charge < -0.3 is 13.6 Å². The van der Waals surface area contributed by atoms with Gasteiger partial charge in [-0.3, -0.25) is 0 Å². The van der Waals surface area contributed by atoms with Crippen molar-refractivity contribution in [1.29, 1.82) is 0 Å². The zero-order valence-electron chi connectivity index (χ0n) is 27.7. The Morgan fingerprint density at radius 1 is 0.805 bits per heavy atom. The van der Waals surface area contributed by atoms with E-state index < -0.39 is 16.6 Å². The van der Waals surface area contributed by atoms with Crippen LogP contribution in [0.1, 0.15) is 94.9 Å². The molecule has 0 aliphatic carbocycles. The van der Waals surface area contributed by atoms with Crippen LogP contribution in [-0.4, -0.2) is 41.1 Å². The molecule has 0 saturated carbocycles. The molecule has 0 unspecified atom stereocenters. The molecule has 2 aromatic rings. The monoisotopic (exact) mass is 594 g/mol. The lowest BCUT2D eigenvalue weighted by Gasteiger charge is -2.45. The minimum atomic E-state index is -2.63. The van der Waals surface area contributed by atoms with Gasteiger partial charge in [0.05, 0.1) is 24.4 Å². The minimum absolute atomic E-state index is 0.0134. The lowest BCUT2D eigenvalue weighted by atomic mass is 10.1. The molecule has 3 rings (SSSR count). The molecule has 5 heteroatoms. The van der Waals surface area contributed by atoms with Gasteiger partial charge in [0.25, 0.3) is 8.32 Å². The van der Waals surface area contributed by atoms with Crippen molar-refractivity contribution in [3.63, 3.8) is 0 Å². The molecule has 0 bridgehead atoms. The average Bonchev–Trinajstić information content (AvgIpc) is 3.38. The molecule has 1 aliphatic heterocycles. The largest absolute Gasteiger partial charge is 0.413 e. The van der Waals surface area contributed by atoms with E-state index in [9.17, 15) is 0 Å². The normalized spacial score (nSPS) is 20.1. The number of hydrogen-bond acceptors (Lipinski definition) is 3. The van der Waals surface area contributed by atoms with Crippen molar-refractivity contribution in [1.82, 2.24) is 0 Å². The maximum absolute atomic E-state index is 7.41. The highest BCUT2D eigenvalue weighted by atomic mass is 28.4. The maximum Gasteiger partial charge on any atom is 0.261 e. The highest BCUT2D eigenvalue weighted by molar-refractivity contribution is 6.99. The number of hydrogen-bond donors (Lipinski definition) is 0. The third-order valence-corrected chi connectivity index (χ3v) is 20.8. The van der Waals surface area contributed by atoms with Gasteiger partial charge in [-0.1, -0.05) is 129 Å². The Morgan fingerprint density at radius 3 is 1.71 bits per heavy atom. The van der Waals surface area contributed by atoms with Gasteiger partial charge >= 0.3 is 0 Å². The van der Waals surface area contributed by atoms with E-state index in [-0.39, 0.29) is 29.5 Å². The van der Waals surface area contributed by atoms with Crippen LogP contribution >= 0.6 is 0 Å². The number of ether oxygens (including phenoxy) is 1.